The van der Waals surface area contributed by atoms with Crippen LogP contribution in [0.2, 0.25) is 0 Å². The van der Waals surface area contributed by atoms with Crippen LogP contribution >= 0.6 is 0 Å². The summed E-state index contributed by atoms with van der Waals surface area (Å²) in [6.07, 6.45) is 2.63. The Morgan fingerprint density at radius 2 is 2.05 bits per heavy atom. The van der Waals surface area contributed by atoms with Crippen LogP contribution in [0, 0.1) is 0 Å². The van der Waals surface area contributed by atoms with E-state index in [0.717, 1.165) is 23.6 Å². The van der Waals surface area contributed by atoms with E-state index >= 15 is 0 Å². The molecule has 2 aliphatic heterocycles. The van der Waals surface area contributed by atoms with E-state index in [-0.39, 0.29) is 23.1 Å². The maximum absolute atomic E-state index is 12.3. The lowest BCUT2D eigenvalue weighted by atomic mass is 10.1. The van der Waals surface area contributed by atoms with Crippen LogP contribution in [-0.4, -0.2) is 37.9 Å². The Balaban J connectivity index is 1.90. The number of amides is 1. The van der Waals surface area contributed by atoms with Crippen LogP contribution in [0.3, 0.4) is 0 Å². The zero-order chi connectivity index (χ0) is 13.5. The number of rotatable bonds is 2. The summed E-state index contributed by atoms with van der Waals surface area (Å²) in [6.45, 7) is 0.759. The minimum atomic E-state index is -3.69. The van der Waals surface area contributed by atoms with Gasteiger partial charge in [-0.25, -0.2) is 12.7 Å². The largest absolute Gasteiger partial charge is 0.376 e. The zero-order valence-corrected chi connectivity index (χ0v) is 11.2. The molecule has 2 aliphatic rings. The summed E-state index contributed by atoms with van der Waals surface area (Å²) in [5.41, 5.74) is 0.262. The van der Waals surface area contributed by atoms with Crippen LogP contribution in [0.4, 0.5) is 0 Å². The molecule has 2 heterocycles. The van der Waals surface area contributed by atoms with Crippen LogP contribution < -0.4 is 0 Å². The van der Waals surface area contributed by atoms with Gasteiger partial charge in [0.2, 0.25) is 0 Å². The summed E-state index contributed by atoms with van der Waals surface area (Å²) in [5, 5.41) is 0. The molecule has 19 heavy (non-hydrogen) atoms. The molecule has 1 aromatic rings. The average molecular weight is 281 g/mol. The van der Waals surface area contributed by atoms with Gasteiger partial charge >= 0.3 is 0 Å². The fraction of sp³-hybridized carbons (Fsp3) is 0.462. The fourth-order valence-electron chi connectivity index (χ4n) is 2.55. The molecule has 1 amide bonds. The van der Waals surface area contributed by atoms with Gasteiger partial charge in [0, 0.05) is 6.61 Å². The Kier molecular flexibility index (Phi) is 3.06. The van der Waals surface area contributed by atoms with E-state index in [9.17, 15) is 13.2 Å². The van der Waals surface area contributed by atoms with Crippen molar-refractivity contribution in [2.75, 3.05) is 13.2 Å². The number of nitrogens with zero attached hydrogens (tertiary/aromatic N) is 1. The highest BCUT2D eigenvalue weighted by Gasteiger charge is 2.41. The van der Waals surface area contributed by atoms with E-state index in [2.05, 4.69) is 0 Å². The topological polar surface area (TPSA) is 63.7 Å². The molecule has 0 aromatic heterocycles. The molecule has 5 nitrogen and oxygen atoms in total. The molecule has 1 atom stereocenters. The van der Waals surface area contributed by atoms with Crippen LogP contribution in [0.5, 0.6) is 0 Å². The Hall–Kier alpha value is -1.40. The Labute approximate surface area is 112 Å². The van der Waals surface area contributed by atoms with Crippen molar-refractivity contribution in [3.63, 3.8) is 0 Å². The maximum atomic E-state index is 12.3. The first-order chi connectivity index (χ1) is 9.10. The predicted octanol–water partition coefficient (Wildman–Crippen LogP) is 1.40. The normalized spacial score (nSPS) is 25.4. The molecule has 1 fully saturated rings. The minimum Gasteiger partial charge on any atom is -0.376 e. The summed E-state index contributed by atoms with van der Waals surface area (Å²) in [4.78, 5) is 12.3. The first-order valence-corrected chi connectivity index (χ1v) is 7.82. The van der Waals surface area contributed by atoms with Crippen LogP contribution in [0.1, 0.15) is 29.6 Å². The molecule has 0 N–H and O–H groups in total. The number of benzene rings is 1. The molecule has 3 rings (SSSR count). The summed E-state index contributed by atoms with van der Waals surface area (Å²) in [7, 11) is -3.69. The van der Waals surface area contributed by atoms with Crippen molar-refractivity contribution in [2.24, 2.45) is 0 Å². The molecular formula is C13H15NO4S. The third kappa shape index (κ3) is 2.04. The summed E-state index contributed by atoms with van der Waals surface area (Å²) in [5.74, 6) is -0.440. The van der Waals surface area contributed by atoms with Crippen molar-refractivity contribution in [2.45, 2.75) is 30.3 Å². The lowest BCUT2D eigenvalue weighted by Crippen LogP contribution is -2.39. The van der Waals surface area contributed by atoms with Gasteiger partial charge < -0.3 is 4.74 Å². The molecule has 0 spiro atoms. The van der Waals surface area contributed by atoms with Crippen molar-refractivity contribution in [1.82, 2.24) is 4.31 Å². The number of ether oxygens (including phenoxy) is 1. The highest BCUT2D eigenvalue weighted by molar-refractivity contribution is 7.90. The first kappa shape index (κ1) is 12.6. The molecule has 102 valence electrons. The van der Waals surface area contributed by atoms with Gasteiger partial charge in [-0.05, 0) is 31.4 Å². The van der Waals surface area contributed by atoms with Crippen LogP contribution in [0.25, 0.3) is 0 Å². The standard InChI is InChI=1S/C13H15NO4S/c15-13-11-6-1-2-7-12(11)19(16,17)14(13)9-10-5-3-4-8-18-10/h1-2,6-7,10H,3-5,8-9H2. The number of hydrogen-bond donors (Lipinski definition) is 0. The van der Waals surface area contributed by atoms with Gasteiger partial charge in [-0.2, -0.15) is 0 Å². The Morgan fingerprint density at radius 1 is 1.26 bits per heavy atom. The average Bonchev–Trinajstić information content (AvgIpc) is 2.62. The Bertz CT molecular complexity index is 605. The van der Waals surface area contributed by atoms with E-state index in [1.807, 2.05) is 0 Å². The summed E-state index contributed by atoms with van der Waals surface area (Å²) >= 11 is 0. The highest BCUT2D eigenvalue weighted by atomic mass is 32.2. The van der Waals surface area contributed by atoms with Gasteiger partial charge in [-0.3, -0.25) is 4.79 Å². The van der Waals surface area contributed by atoms with Crippen molar-refractivity contribution >= 4 is 15.9 Å². The molecule has 0 aliphatic carbocycles. The Morgan fingerprint density at radius 3 is 2.74 bits per heavy atom. The molecule has 1 saturated heterocycles. The predicted molar refractivity (Wildman–Crippen MR) is 68.3 cm³/mol. The van der Waals surface area contributed by atoms with Gasteiger partial charge in [-0.15, -0.1) is 0 Å². The second-order valence-corrected chi connectivity index (χ2v) is 6.66. The van der Waals surface area contributed by atoms with Crippen LogP contribution in [0.15, 0.2) is 29.2 Å². The van der Waals surface area contributed by atoms with Gasteiger partial charge in [0.05, 0.1) is 18.2 Å². The van der Waals surface area contributed by atoms with Gasteiger partial charge in [0.15, 0.2) is 0 Å². The number of hydrogen-bond acceptors (Lipinski definition) is 4. The van der Waals surface area contributed by atoms with E-state index < -0.39 is 15.9 Å². The number of carbonyl (C=O) groups excluding carboxylic acids is 1. The maximum Gasteiger partial charge on any atom is 0.269 e. The zero-order valence-electron chi connectivity index (χ0n) is 10.4. The van der Waals surface area contributed by atoms with Crippen molar-refractivity contribution < 1.29 is 17.9 Å². The lowest BCUT2D eigenvalue weighted by molar-refractivity contribution is 0.00708. The van der Waals surface area contributed by atoms with E-state index in [1.54, 1.807) is 18.2 Å². The smallest absolute Gasteiger partial charge is 0.269 e. The second kappa shape index (κ2) is 4.61. The van der Waals surface area contributed by atoms with Gasteiger partial charge in [0.1, 0.15) is 4.90 Å². The summed E-state index contributed by atoms with van der Waals surface area (Å²) in [6, 6.07) is 6.33. The quantitative estimate of drug-likeness (QED) is 0.822. The minimum absolute atomic E-state index is 0.107. The number of carbonyl (C=O) groups is 1. The monoisotopic (exact) mass is 281 g/mol. The van der Waals surface area contributed by atoms with E-state index in [0.29, 0.717) is 6.61 Å². The molecule has 1 unspecified atom stereocenters. The summed E-state index contributed by atoms with van der Waals surface area (Å²) < 4.78 is 31.1. The molecular weight excluding hydrogens is 266 g/mol. The lowest BCUT2D eigenvalue weighted by Gasteiger charge is -2.26. The highest BCUT2D eigenvalue weighted by Crippen LogP contribution is 2.30. The molecule has 6 heteroatoms. The molecule has 0 saturated carbocycles. The van der Waals surface area contributed by atoms with Gasteiger partial charge in [-0.1, -0.05) is 12.1 Å². The SMILES string of the molecule is O=C1c2ccccc2S(=O)(=O)N1CC1CCCCO1. The molecule has 0 bridgehead atoms. The third-order valence-electron chi connectivity index (χ3n) is 3.56. The van der Waals surface area contributed by atoms with Crippen molar-refractivity contribution in [3.05, 3.63) is 29.8 Å². The first-order valence-electron chi connectivity index (χ1n) is 6.38. The van der Waals surface area contributed by atoms with Crippen molar-refractivity contribution in [3.8, 4) is 0 Å². The van der Waals surface area contributed by atoms with Gasteiger partial charge in [0.25, 0.3) is 15.9 Å². The molecule has 1 aromatic carbocycles. The van der Waals surface area contributed by atoms with E-state index in [1.165, 1.54) is 6.07 Å². The van der Waals surface area contributed by atoms with Crippen molar-refractivity contribution in [1.29, 1.82) is 0 Å². The van der Waals surface area contributed by atoms with Crippen LogP contribution in [-0.2, 0) is 14.8 Å². The fourth-order valence-corrected chi connectivity index (χ4v) is 4.15. The van der Waals surface area contributed by atoms with E-state index in [4.69, 9.17) is 4.74 Å². The second-order valence-electron chi connectivity index (χ2n) is 4.83. The number of sulfonamides is 1. The molecule has 0 radical (unpaired) electrons. The third-order valence-corrected chi connectivity index (χ3v) is 5.36. The number of fused-ring (bicyclic) bond motifs is 1.